The molecule has 310 valence electrons. The molecule has 7 heteroatoms. The number of carbonyl (C=O) groups is 2. The van der Waals surface area contributed by atoms with Gasteiger partial charge < -0.3 is 24.2 Å². The molecule has 0 aliphatic rings. The summed E-state index contributed by atoms with van der Waals surface area (Å²) in [5.41, 5.74) is -0.447. The summed E-state index contributed by atoms with van der Waals surface area (Å²) in [6.45, 7) is 14.5. The normalized spacial score (nSPS) is 11.8. The van der Waals surface area contributed by atoms with Crippen molar-refractivity contribution in [3.8, 4) is 0 Å². The van der Waals surface area contributed by atoms with Gasteiger partial charge in [-0.25, -0.2) is 4.79 Å². The maximum absolute atomic E-state index is 13.3. The number of esters is 1. The van der Waals surface area contributed by atoms with Gasteiger partial charge in [0, 0.05) is 6.54 Å². The molecular formula is C45H89NO6. The Balaban J connectivity index is 4.19. The topological polar surface area (TPSA) is 85.3 Å². The van der Waals surface area contributed by atoms with Crippen LogP contribution in [0.5, 0.6) is 0 Å². The smallest absolute Gasteiger partial charge is 0.462 e. The van der Waals surface area contributed by atoms with Gasteiger partial charge in [-0.3, -0.25) is 4.79 Å². The van der Waals surface area contributed by atoms with E-state index >= 15 is 0 Å². The lowest BCUT2D eigenvalue weighted by Crippen LogP contribution is -2.31. The van der Waals surface area contributed by atoms with Crippen LogP contribution in [0.1, 0.15) is 227 Å². The molecule has 0 aromatic heterocycles. The van der Waals surface area contributed by atoms with E-state index in [-0.39, 0.29) is 18.7 Å². The van der Waals surface area contributed by atoms with Crippen molar-refractivity contribution >= 4 is 12.1 Å². The van der Waals surface area contributed by atoms with Gasteiger partial charge in [0.1, 0.15) is 6.10 Å². The number of hydrogen-bond donors (Lipinski definition) is 1. The first-order chi connectivity index (χ1) is 25.3. The highest BCUT2D eigenvalue weighted by Gasteiger charge is 2.30. The first kappa shape index (κ1) is 50.7. The number of unbranched alkanes of at least 4 members (excludes halogenated alkanes) is 22. The summed E-state index contributed by atoms with van der Waals surface area (Å²) in [4.78, 5) is 27.5. The third-order valence-corrected chi connectivity index (χ3v) is 10.6. The maximum Gasteiger partial charge on any atom is 0.508 e. The molecule has 0 heterocycles. The lowest BCUT2D eigenvalue weighted by atomic mass is 9.86. The Labute approximate surface area is 323 Å². The van der Waals surface area contributed by atoms with E-state index in [2.05, 4.69) is 39.5 Å². The summed E-state index contributed by atoms with van der Waals surface area (Å²) in [5.74, 6) is -0.00955. The monoisotopic (exact) mass is 740 g/mol. The molecule has 0 saturated carbocycles. The Kier molecular flexibility index (Phi) is 37.0. The van der Waals surface area contributed by atoms with E-state index in [0.29, 0.717) is 19.8 Å². The second-order valence-corrected chi connectivity index (χ2v) is 16.2. The maximum atomic E-state index is 13.3. The minimum atomic E-state index is -0.540. The Morgan fingerprint density at radius 3 is 1.37 bits per heavy atom. The zero-order valence-electron chi connectivity index (χ0n) is 35.5. The van der Waals surface area contributed by atoms with Crippen molar-refractivity contribution in [2.45, 2.75) is 233 Å². The highest BCUT2D eigenvalue weighted by molar-refractivity contribution is 5.76. The third kappa shape index (κ3) is 33.2. The molecule has 52 heavy (non-hydrogen) atoms. The Hall–Kier alpha value is -1.34. The predicted octanol–water partition coefficient (Wildman–Crippen LogP) is 13.1. The Morgan fingerprint density at radius 2 is 0.904 bits per heavy atom. The summed E-state index contributed by atoms with van der Waals surface area (Å²) in [6.07, 6.45) is 34.6. The fourth-order valence-electron chi connectivity index (χ4n) is 6.92. The van der Waals surface area contributed by atoms with Crippen molar-refractivity contribution in [1.82, 2.24) is 4.90 Å². The zero-order chi connectivity index (χ0) is 38.4. The molecule has 0 aromatic carbocycles. The average Bonchev–Trinajstić information content (AvgIpc) is 3.12. The number of aliphatic hydroxyl groups is 1. The molecule has 0 radical (unpaired) electrons. The molecule has 0 fully saturated rings. The minimum Gasteiger partial charge on any atom is -0.462 e. The number of ether oxygens (including phenoxy) is 3. The molecule has 7 nitrogen and oxygen atoms in total. The van der Waals surface area contributed by atoms with Crippen LogP contribution in [-0.4, -0.2) is 67.7 Å². The van der Waals surface area contributed by atoms with Gasteiger partial charge in [-0.05, 0) is 91.1 Å². The zero-order valence-corrected chi connectivity index (χ0v) is 35.5. The van der Waals surface area contributed by atoms with E-state index < -0.39 is 11.6 Å². The standard InChI is InChI=1S/C45H89NO6/c1-6-9-12-15-18-19-24-31-40-50-44(49)51-41-32-25-30-37-46(38-39-47)36-29-23-22-28-35-45(4,5)43(48)52-42(33-26-20-16-13-10-7-2)34-27-21-17-14-11-8-3/h42,47H,6-41H2,1-5H3. The molecule has 1 N–H and O–H groups in total. The van der Waals surface area contributed by atoms with Crippen LogP contribution in [-0.2, 0) is 19.0 Å². The first-order valence-electron chi connectivity index (χ1n) is 22.6. The summed E-state index contributed by atoms with van der Waals surface area (Å²) in [6, 6.07) is 0. The fraction of sp³-hybridized carbons (Fsp3) is 0.956. The summed E-state index contributed by atoms with van der Waals surface area (Å²) < 4.78 is 16.7. The third-order valence-electron chi connectivity index (χ3n) is 10.6. The van der Waals surface area contributed by atoms with E-state index in [4.69, 9.17) is 14.2 Å². The molecule has 0 saturated heterocycles. The van der Waals surface area contributed by atoms with Gasteiger partial charge in [-0.1, -0.05) is 149 Å². The van der Waals surface area contributed by atoms with Crippen LogP contribution >= 0.6 is 0 Å². The van der Waals surface area contributed by atoms with E-state index in [1.54, 1.807) is 0 Å². The second kappa shape index (κ2) is 38.0. The summed E-state index contributed by atoms with van der Waals surface area (Å²) >= 11 is 0. The quantitative estimate of drug-likeness (QED) is 0.0494. The molecule has 0 unspecified atom stereocenters. The van der Waals surface area contributed by atoms with Gasteiger partial charge in [-0.2, -0.15) is 0 Å². The van der Waals surface area contributed by atoms with Crippen molar-refractivity contribution in [2.24, 2.45) is 5.41 Å². The molecule has 0 aliphatic heterocycles. The predicted molar refractivity (Wildman–Crippen MR) is 220 cm³/mol. The molecule has 0 aromatic rings. The average molecular weight is 740 g/mol. The van der Waals surface area contributed by atoms with E-state index in [9.17, 15) is 14.7 Å². The van der Waals surface area contributed by atoms with Crippen LogP contribution in [0.3, 0.4) is 0 Å². The van der Waals surface area contributed by atoms with Crippen LogP contribution in [0.2, 0.25) is 0 Å². The molecule has 0 atom stereocenters. The number of rotatable bonds is 40. The summed E-state index contributed by atoms with van der Waals surface area (Å²) in [7, 11) is 0. The summed E-state index contributed by atoms with van der Waals surface area (Å²) in [5, 5.41) is 9.57. The molecular weight excluding hydrogens is 650 g/mol. The van der Waals surface area contributed by atoms with Gasteiger partial charge >= 0.3 is 12.1 Å². The van der Waals surface area contributed by atoms with Crippen LogP contribution < -0.4 is 0 Å². The van der Waals surface area contributed by atoms with Gasteiger partial charge in [0.2, 0.25) is 0 Å². The van der Waals surface area contributed by atoms with E-state index in [1.807, 2.05) is 0 Å². The lowest BCUT2D eigenvalue weighted by Gasteiger charge is -2.27. The number of hydrogen-bond acceptors (Lipinski definition) is 7. The molecule has 0 spiro atoms. The number of carbonyl (C=O) groups excluding carboxylic acids is 2. The molecule has 0 rings (SSSR count). The van der Waals surface area contributed by atoms with Crippen LogP contribution in [0.4, 0.5) is 4.79 Å². The van der Waals surface area contributed by atoms with Crippen molar-refractivity contribution < 1.29 is 28.9 Å². The van der Waals surface area contributed by atoms with E-state index in [1.165, 1.54) is 103 Å². The highest BCUT2D eigenvalue weighted by Crippen LogP contribution is 2.28. The Bertz CT molecular complexity index is 759. The van der Waals surface area contributed by atoms with Crippen molar-refractivity contribution in [2.75, 3.05) is 39.5 Å². The van der Waals surface area contributed by atoms with E-state index in [0.717, 1.165) is 103 Å². The van der Waals surface area contributed by atoms with Crippen LogP contribution in [0, 0.1) is 5.41 Å². The first-order valence-corrected chi connectivity index (χ1v) is 22.6. The minimum absolute atomic E-state index is 0.00955. The van der Waals surface area contributed by atoms with Gasteiger partial charge in [0.25, 0.3) is 0 Å². The van der Waals surface area contributed by atoms with Crippen molar-refractivity contribution in [1.29, 1.82) is 0 Å². The molecule has 0 amide bonds. The van der Waals surface area contributed by atoms with Crippen LogP contribution in [0.25, 0.3) is 0 Å². The second-order valence-electron chi connectivity index (χ2n) is 16.2. The Morgan fingerprint density at radius 1 is 0.519 bits per heavy atom. The largest absolute Gasteiger partial charge is 0.508 e. The number of nitrogens with zero attached hydrogens (tertiary/aromatic N) is 1. The fourth-order valence-corrected chi connectivity index (χ4v) is 6.92. The number of aliphatic hydroxyl groups excluding tert-OH is 1. The molecule has 0 aliphatic carbocycles. The highest BCUT2D eigenvalue weighted by atomic mass is 16.7. The lowest BCUT2D eigenvalue weighted by molar-refractivity contribution is -0.161. The van der Waals surface area contributed by atoms with Crippen molar-refractivity contribution in [3.63, 3.8) is 0 Å². The SMILES string of the molecule is CCCCCCCCCCOC(=O)OCCCCCN(CCO)CCCCCCC(C)(C)C(=O)OC(CCCCCCCC)CCCCCCCC. The van der Waals surface area contributed by atoms with Crippen molar-refractivity contribution in [3.05, 3.63) is 0 Å². The van der Waals surface area contributed by atoms with Gasteiger partial charge in [-0.15, -0.1) is 0 Å². The van der Waals surface area contributed by atoms with Crippen LogP contribution in [0.15, 0.2) is 0 Å². The van der Waals surface area contributed by atoms with Gasteiger partial charge in [0.05, 0.1) is 25.2 Å². The van der Waals surface area contributed by atoms with Gasteiger partial charge in [0.15, 0.2) is 0 Å². The molecule has 0 bridgehead atoms.